The van der Waals surface area contributed by atoms with Crippen LogP contribution >= 0.6 is 0 Å². The number of carbonyl (C=O) groups is 1. The molecule has 1 aromatic heterocycles. The van der Waals surface area contributed by atoms with E-state index in [0.29, 0.717) is 36.1 Å². The van der Waals surface area contributed by atoms with Gasteiger partial charge in [-0.15, -0.1) is 0 Å². The number of hydrogen-bond acceptors (Lipinski definition) is 5. The van der Waals surface area contributed by atoms with E-state index in [1.165, 1.54) is 6.08 Å². The second kappa shape index (κ2) is 6.60. The average molecular weight is 333 g/mol. The maximum absolute atomic E-state index is 12.1. The molecule has 1 amide bonds. The van der Waals surface area contributed by atoms with Gasteiger partial charge in [-0.2, -0.15) is 0 Å². The third kappa shape index (κ3) is 3.42. The number of nitrogens with zero attached hydrogens (tertiary/aromatic N) is 2. The van der Waals surface area contributed by atoms with Gasteiger partial charge >= 0.3 is 0 Å². The summed E-state index contributed by atoms with van der Waals surface area (Å²) in [5.74, 6) is 1.06. The summed E-state index contributed by atoms with van der Waals surface area (Å²) in [5, 5.41) is 2.79. The lowest BCUT2D eigenvalue weighted by molar-refractivity contribution is -0.111. The van der Waals surface area contributed by atoms with Crippen LogP contribution in [0.5, 0.6) is 11.5 Å². The molecule has 0 atom stereocenters. The van der Waals surface area contributed by atoms with Gasteiger partial charge in [0.2, 0.25) is 5.91 Å². The van der Waals surface area contributed by atoms with E-state index in [9.17, 15) is 4.79 Å². The Bertz CT molecular complexity index is 969. The van der Waals surface area contributed by atoms with Crippen LogP contribution in [-0.4, -0.2) is 29.1 Å². The van der Waals surface area contributed by atoms with Gasteiger partial charge in [0, 0.05) is 17.8 Å². The molecule has 3 aromatic rings. The number of rotatable bonds is 3. The predicted molar refractivity (Wildman–Crippen MR) is 94.6 cm³/mol. The highest BCUT2D eigenvalue weighted by molar-refractivity contribution is 6.02. The van der Waals surface area contributed by atoms with Gasteiger partial charge in [0.25, 0.3) is 0 Å². The molecule has 0 saturated carbocycles. The first-order chi connectivity index (χ1) is 12.3. The first-order valence-electron chi connectivity index (χ1n) is 7.88. The van der Waals surface area contributed by atoms with Crippen molar-refractivity contribution in [2.75, 3.05) is 18.5 Å². The Morgan fingerprint density at radius 2 is 1.84 bits per heavy atom. The third-order valence-electron chi connectivity index (χ3n) is 3.68. The lowest BCUT2D eigenvalue weighted by Crippen LogP contribution is -2.16. The Labute approximate surface area is 144 Å². The number of anilines is 1. The molecule has 0 saturated heterocycles. The van der Waals surface area contributed by atoms with Gasteiger partial charge in [-0.1, -0.05) is 12.1 Å². The van der Waals surface area contributed by atoms with E-state index in [0.717, 1.165) is 11.0 Å². The smallest absolute Gasteiger partial charge is 0.248 e. The van der Waals surface area contributed by atoms with Crippen LogP contribution in [0.3, 0.4) is 0 Å². The molecule has 0 radical (unpaired) electrons. The fraction of sp³-hybridized carbons (Fsp3) is 0.105. The van der Waals surface area contributed by atoms with Crippen molar-refractivity contribution in [2.24, 2.45) is 0 Å². The molecule has 0 unspecified atom stereocenters. The van der Waals surface area contributed by atoms with E-state index in [-0.39, 0.29) is 5.91 Å². The van der Waals surface area contributed by atoms with Crippen LogP contribution in [0.25, 0.3) is 17.1 Å². The highest BCUT2D eigenvalue weighted by Gasteiger charge is 2.12. The first kappa shape index (κ1) is 15.1. The molecule has 1 aliphatic heterocycles. The van der Waals surface area contributed by atoms with Gasteiger partial charge in [0.1, 0.15) is 13.2 Å². The molecule has 2 heterocycles. The van der Waals surface area contributed by atoms with Crippen molar-refractivity contribution < 1.29 is 14.3 Å². The van der Waals surface area contributed by atoms with Gasteiger partial charge in [-0.25, -0.2) is 4.98 Å². The highest BCUT2D eigenvalue weighted by atomic mass is 16.6. The van der Waals surface area contributed by atoms with Crippen molar-refractivity contribution in [3.05, 3.63) is 60.4 Å². The lowest BCUT2D eigenvalue weighted by Gasteiger charge is -2.18. The Hall–Kier alpha value is -3.41. The quantitative estimate of drug-likeness (QED) is 0.746. The normalized spacial score (nSPS) is 13.1. The standard InChI is InChI=1S/C19H15N3O3/c23-19(22-13-5-7-17-18(11-13)25-10-9-24-17)8-6-14-12-20-15-3-1-2-4-16(15)21-14/h1-8,11-12H,9-10H2,(H,22,23)/b8-6+. The topological polar surface area (TPSA) is 73.3 Å². The van der Waals surface area contributed by atoms with E-state index >= 15 is 0 Å². The van der Waals surface area contributed by atoms with E-state index in [2.05, 4.69) is 15.3 Å². The van der Waals surface area contributed by atoms with Crippen LogP contribution in [0.1, 0.15) is 5.69 Å². The molecule has 6 heteroatoms. The number of para-hydroxylation sites is 2. The fourth-order valence-corrected chi connectivity index (χ4v) is 2.52. The van der Waals surface area contributed by atoms with Crippen LogP contribution in [-0.2, 0) is 4.79 Å². The molecular weight excluding hydrogens is 318 g/mol. The zero-order valence-electron chi connectivity index (χ0n) is 13.3. The van der Waals surface area contributed by atoms with Crippen LogP contribution in [0.4, 0.5) is 5.69 Å². The summed E-state index contributed by atoms with van der Waals surface area (Å²) in [6.07, 6.45) is 4.69. The van der Waals surface area contributed by atoms with Crippen molar-refractivity contribution in [1.82, 2.24) is 9.97 Å². The minimum Gasteiger partial charge on any atom is -0.486 e. The molecule has 1 N–H and O–H groups in total. The van der Waals surface area contributed by atoms with Crippen LogP contribution in [0, 0.1) is 0 Å². The van der Waals surface area contributed by atoms with Crippen molar-refractivity contribution >= 4 is 28.7 Å². The number of amides is 1. The summed E-state index contributed by atoms with van der Waals surface area (Å²) in [6, 6.07) is 12.9. The lowest BCUT2D eigenvalue weighted by atomic mass is 10.2. The van der Waals surface area contributed by atoms with Gasteiger partial charge < -0.3 is 14.8 Å². The molecular formula is C19H15N3O3. The van der Waals surface area contributed by atoms with Gasteiger partial charge in [0.15, 0.2) is 11.5 Å². The van der Waals surface area contributed by atoms with E-state index in [1.807, 2.05) is 24.3 Å². The Kier molecular flexibility index (Phi) is 4.00. The van der Waals surface area contributed by atoms with Crippen LogP contribution in [0.15, 0.2) is 54.7 Å². The molecule has 6 nitrogen and oxygen atoms in total. The molecule has 124 valence electrons. The molecule has 0 aliphatic carbocycles. The van der Waals surface area contributed by atoms with Gasteiger partial charge in [-0.05, 0) is 30.3 Å². The second-order valence-corrected chi connectivity index (χ2v) is 5.46. The summed E-state index contributed by atoms with van der Waals surface area (Å²) in [6.45, 7) is 1.04. The van der Waals surface area contributed by atoms with E-state index in [4.69, 9.17) is 9.47 Å². The maximum atomic E-state index is 12.1. The third-order valence-corrected chi connectivity index (χ3v) is 3.68. The molecule has 4 rings (SSSR count). The van der Waals surface area contributed by atoms with Crippen molar-refractivity contribution in [2.45, 2.75) is 0 Å². The summed E-state index contributed by atoms with van der Waals surface area (Å²) >= 11 is 0. The van der Waals surface area contributed by atoms with Crippen molar-refractivity contribution in [3.63, 3.8) is 0 Å². The number of carbonyl (C=O) groups excluding carboxylic acids is 1. The van der Waals surface area contributed by atoms with E-state index in [1.54, 1.807) is 30.5 Å². The molecule has 0 spiro atoms. The Morgan fingerprint density at radius 3 is 2.72 bits per heavy atom. The summed E-state index contributed by atoms with van der Waals surface area (Å²) < 4.78 is 11.0. The molecule has 0 bridgehead atoms. The average Bonchev–Trinajstić information content (AvgIpc) is 2.66. The number of aromatic nitrogens is 2. The van der Waals surface area contributed by atoms with Crippen LogP contribution in [0.2, 0.25) is 0 Å². The number of benzene rings is 2. The molecule has 1 aliphatic rings. The summed E-state index contributed by atoms with van der Waals surface area (Å²) in [7, 11) is 0. The highest BCUT2D eigenvalue weighted by Crippen LogP contribution is 2.32. The zero-order chi connectivity index (χ0) is 17.1. The van der Waals surface area contributed by atoms with Crippen molar-refractivity contribution in [1.29, 1.82) is 0 Å². The largest absolute Gasteiger partial charge is 0.486 e. The monoisotopic (exact) mass is 333 g/mol. The number of hydrogen-bond donors (Lipinski definition) is 1. The molecule has 25 heavy (non-hydrogen) atoms. The first-order valence-corrected chi connectivity index (χ1v) is 7.88. The SMILES string of the molecule is O=C(/C=C/c1cnc2ccccc2n1)Nc1ccc2c(c1)OCCO2. The van der Waals surface area contributed by atoms with Gasteiger partial charge in [0.05, 0.1) is 22.9 Å². The van der Waals surface area contributed by atoms with Crippen LogP contribution < -0.4 is 14.8 Å². The second-order valence-electron chi connectivity index (χ2n) is 5.46. The Balaban J connectivity index is 1.46. The minimum absolute atomic E-state index is 0.258. The number of ether oxygens (including phenoxy) is 2. The van der Waals surface area contributed by atoms with E-state index < -0.39 is 0 Å². The summed E-state index contributed by atoms with van der Waals surface area (Å²) in [5.41, 5.74) is 2.87. The predicted octanol–water partition coefficient (Wildman–Crippen LogP) is 3.05. The minimum atomic E-state index is -0.258. The molecule has 2 aromatic carbocycles. The summed E-state index contributed by atoms with van der Waals surface area (Å²) in [4.78, 5) is 20.9. The zero-order valence-corrected chi connectivity index (χ0v) is 13.3. The Morgan fingerprint density at radius 1 is 1.04 bits per heavy atom. The molecule has 0 fully saturated rings. The fourth-order valence-electron chi connectivity index (χ4n) is 2.52. The maximum Gasteiger partial charge on any atom is 0.248 e. The van der Waals surface area contributed by atoms with Crippen molar-refractivity contribution in [3.8, 4) is 11.5 Å². The number of nitrogens with one attached hydrogen (secondary N) is 1. The van der Waals surface area contributed by atoms with Gasteiger partial charge in [-0.3, -0.25) is 9.78 Å². The number of fused-ring (bicyclic) bond motifs is 2.